The van der Waals surface area contributed by atoms with Crippen molar-refractivity contribution in [3.63, 3.8) is 0 Å². The van der Waals surface area contributed by atoms with Gasteiger partial charge in [0.2, 0.25) is 0 Å². The van der Waals surface area contributed by atoms with Gasteiger partial charge >= 0.3 is 6.18 Å². The summed E-state index contributed by atoms with van der Waals surface area (Å²) in [5.74, 6) is 1.33. The van der Waals surface area contributed by atoms with E-state index in [9.17, 15) is 13.2 Å². The molecule has 2 aliphatic rings. The number of halogens is 3. The van der Waals surface area contributed by atoms with E-state index < -0.39 is 11.9 Å². The van der Waals surface area contributed by atoms with E-state index in [-0.39, 0.29) is 0 Å². The molecule has 0 bridgehead atoms. The number of anilines is 1. The molecule has 168 valence electrons. The maximum Gasteiger partial charge on any atom is 0.433 e. The van der Waals surface area contributed by atoms with Crippen molar-refractivity contribution in [2.75, 3.05) is 57.3 Å². The van der Waals surface area contributed by atoms with Gasteiger partial charge in [-0.05, 0) is 50.2 Å². The highest BCUT2D eigenvalue weighted by atomic mass is 19.4. The molecule has 3 heterocycles. The van der Waals surface area contributed by atoms with E-state index in [4.69, 9.17) is 4.74 Å². The number of hydrogen-bond donors (Lipinski definition) is 0. The van der Waals surface area contributed by atoms with Crippen molar-refractivity contribution < 1.29 is 17.9 Å². The number of alkyl halides is 3. The van der Waals surface area contributed by atoms with Crippen molar-refractivity contribution in [1.82, 2.24) is 14.8 Å². The Kier molecular flexibility index (Phi) is 6.97. The normalized spacial score (nSPS) is 19.5. The van der Waals surface area contributed by atoms with Crippen molar-refractivity contribution in [2.45, 2.75) is 25.1 Å². The van der Waals surface area contributed by atoms with Crippen LogP contribution < -0.4 is 9.64 Å². The Hall–Kier alpha value is -2.32. The first kappa shape index (κ1) is 21.9. The Morgan fingerprint density at radius 1 is 0.871 bits per heavy atom. The first-order valence-electron chi connectivity index (χ1n) is 10.9. The lowest BCUT2D eigenvalue weighted by Crippen LogP contribution is -2.53. The minimum absolute atomic E-state index is 0.419. The molecule has 5 nitrogen and oxygen atoms in total. The van der Waals surface area contributed by atoms with Crippen molar-refractivity contribution in [2.24, 2.45) is 0 Å². The molecule has 0 atom stereocenters. The second kappa shape index (κ2) is 9.87. The van der Waals surface area contributed by atoms with Crippen LogP contribution in [-0.2, 0) is 6.18 Å². The Labute approximate surface area is 181 Å². The largest absolute Gasteiger partial charge is 0.492 e. The van der Waals surface area contributed by atoms with Gasteiger partial charge in [0.1, 0.15) is 23.9 Å². The molecule has 0 aliphatic carbocycles. The molecule has 0 saturated carbocycles. The lowest BCUT2D eigenvalue weighted by molar-refractivity contribution is -0.141. The number of ether oxygens (including phenoxy) is 1. The second-order valence-corrected chi connectivity index (χ2v) is 8.14. The molecule has 2 fully saturated rings. The van der Waals surface area contributed by atoms with Crippen molar-refractivity contribution >= 4 is 5.82 Å². The minimum Gasteiger partial charge on any atom is -0.492 e. The molecule has 4 rings (SSSR count). The average Bonchev–Trinajstić information content (AvgIpc) is 2.80. The van der Waals surface area contributed by atoms with Crippen LogP contribution in [0, 0.1) is 0 Å². The Morgan fingerprint density at radius 2 is 1.58 bits per heavy atom. The summed E-state index contributed by atoms with van der Waals surface area (Å²) in [6.45, 7) is 6.86. The number of nitrogens with zero attached hydrogens (tertiary/aromatic N) is 4. The molecule has 0 N–H and O–H groups in total. The minimum atomic E-state index is -4.40. The number of hydrogen-bond acceptors (Lipinski definition) is 5. The summed E-state index contributed by atoms with van der Waals surface area (Å²) in [5.41, 5.74) is -0.823. The Balaban J connectivity index is 1.19. The Morgan fingerprint density at radius 3 is 2.26 bits per heavy atom. The molecule has 2 saturated heterocycles. The summed E-state index contributed by atoms with van der Waals surface area (Å²) in [6, 6.07) is 14.6. The van der Waals surface area contributed by atoms with Gasteiger partial charge in [0, 0.05) is 38.8 Å². The zero-order valence-electron chi connectivity index (χ0n) is 17.6. The Bertz CT molecular complexity index is 817. The molecule has 0 unspecified atom stereocenters. The van der Waals surface area contributed by atoms with Gasteiger partial charge in [-0.2, -0.15) is 13.2 Å². The first-order valence-corrected chi connectivity index (χ1v) is 10.9. The van der Waals surface area contributed by atoms with Crippen LogP contribution in [0.25, 0.3) is 0 Å². The van der Waals surface area contributed by atoms with Crippen LogP contribution in [0.1, 0.15) is 18.5 Å². The number of benzene rings is 1. The first-order chi connectivity index (χ1) is 15.0. The molecule has 0 radical (unpaired) electrons. The predicted molar refractivity (Wildman–Crippen MR) is 114 cm³/mol. The number of aromatic nitrogens is 1. The van der Waals surface area contributed by atoms with E-state index in [0.29, 0.717) is 31.6 Å². The van der Waals surface area contributed by atoms with E-state index >= 15 is 0 Å². The zero-order chi connectivity index (χ0) is 21.7. The van der Waals surface area contributed by atoms with Crippen LogP contribution in [-0.4, -0.2) is 73.2 Å². The quantitative estimate of drug-likeness (QED) is 0.691. The monoisotopic (exact) mass is 434 g/mol. The summed E-state index contributed by atoms with van der Waals surface area (Å²) >= 11 is 0. The van der Waals surface area contributed by atoms with Gasteiger partial charge in [-0.3, -0.25) is 9.80 Å². The van der Waals surface area contributed by atoms with Crippen LogP contribution in [0.5, 0.6) is 5.75 Å². The van der Waals surface area contributed by atoms with E-state index in [1.807, 2.05) is 35.2 Å². The fourth-order valence-electron chi connectivity index (χ4n) is 4.39. The molecule has 1 aromatic carbocycles. The van der Waals surface area contributed by atoms with Crippen LogP contribution in [0.15, 0.2) is 48.5 Å². The average molecular weight is 435 g/mol. The fourth-order valence-corrected chi connectivity index (χ4v) is 4.39. The third-order valence-electron chi connectivity index (χ3n) is 6.16. The van der Waals surface area contributed by atoms with E-state index in [1.54, 1.807) is 6.07 Å². The third-order valence-corrected chi connectivity index (χ3v) is 6.16. The number of piperidine rings is 1. The van der Waals surface area contributed by atoms with Gasteiger partial charge in [0.15, 0.2) is 0 Å². The van der Waals surface area contributed by atoms with Gasteiger partial charge in [-0.15, -0.1) is 0 Å². The van der Waals surface area contributed by atoms with E-state index in [1.165, 1.54) is 6.07 Å². The summed E-state index contributed by atoms with van der Waals surface area (Å²) in [6.07, 6.45) is -2.17. The standard InChI is InChI=1S/C23H29F3N4O/c24-23(25,26)21-7-4-8-22(27-21)30-15-13-29(14-16-30)19-9-11-28(12-10-19)17-18-31-20-5-2-1-3-6-20/h1-8,19H,9-18H2. The highest BCUT2D eigenvalue weighted by molar-refractivity contribution is 5.40. The summed E-state index contributed by atoms with van der Waals surface area (Å²) < 4.78 is 44.6. The summed E-state index contributed by atoms with van der Waals surface area (Å²) in [5, 5.41) is 0. The number of rotatable bonds is 6. The molecule has 2 aromatic rings. The van der Waals surface area contributed by atoms with Gasteiger partial charge in [0.05, 0.1) is 0 Å². The predicted octanol–water partition coefficient (Wildman–Crippen LogP) is 3.77. The second-order valence-electron chi connectivity index (χ2n) is 8.14. The van der Waals surface area contributed by atoms with Gasteiger partial charge < -0.3 is 9.64 Å². The molecular weight excluding hydrogens is 405 g/mol. The molecule has 0 amide bonds. The van der Waals surface area contributed by atoms with Gasteiger partial charge in [-0.25, -0.2) is 4.98 Å². The fraction of sp³-hybridized carbons (Fsp3) is 0.522. The summed E-state index contributed by atoms with van der Waals surface area (Å²) in [7, 11) is 0. The maximum atomic E-state index is 12.9. The summed E-state index contributed by atoms with van der Waals surface area (Å²) in [4.78, 5) is 10.7. The number of pyridine rings is 1. The van der Waals surface area contributed by atoms with Gasteiger partial charge in [0.25, 0.3) is 0 Å². The van der Waals surface area contributed by atoms with E-state index in [2.05, 4.69) is 14.8 Å². The SMILES string of the molecule is FC(F)(F)c1cccc(N2CCN(C3CCN(CCOc4ccccc4)CC3)CC2)n1. The number of likely N-dealkylation sites (tertiary alicyclic amines) is 1. The molecule has 0 spiro atoms. The highest BCUT2D eigenvalue weighted by Gasteiger charge is 2.33. The molecule has 2 aliphatic heterocycles. The number of piperazine rings is 1. The van der Waals surface area contributed by atoms with Gasteiger partial charge in [-0.1, -0.05) is 24.3 Å². The zero-order valence-corrected chi connectivity index (χ0v) is 17.6. The molecule has 31 heavy (non-hydrogen) atoms. The highest BCUT2D eigenvalue weighted by Crippen LogP contribution is 2.29. The van der Waals surface area contributed by atoms with Crippen molar-refractivity contribution in [1.29, 1.82) is 0 Å². The lowest BCUT2D eigenvalue weighted by Gasteiger charge is -2.43. The van der Waals surface area contributed by atoms with Crippen molar-refractivity contribution in [3.8, 4) is 5.75 Å². The lowest BCUT2D eigenvalue weighted by atomic mass is 10.0. The maximum absolute atomic E-state index is 12.9. The van der Waals surface area contributed by atoms with Crippen molar-refractivity contribution in [3.05, 3.63) is 54.2 Å². The van der Waals surface area contributed by atoms with Crippen LogP contribution >= 0.6 is 0 Å². The molecule has 1 aromatic heterocycles. The van der Waals surface area contributed by atoms with Crippen LogP contribution in [0.4, 0.5) is 19.0 Å². The van der Waals surface area contributed by atoms with E-state index in [0.717, 1.165) is 57.4 Å². The molecular formula is C23H29F3N4O. The molecule has 8 heteroatoms. The van der Waals surface area contributed by atoms with Crippen LogP contribution in [0.3, 0.4) is 0 Å². The van der Waals surface area contributed by atoms with Crippen LogP contribution in [0.2, 0.25) is 0 Å². The third kappa shape index (κ3) is 5.89. The topological polar surface area (TPSA) is 31.8 Å². The number of para-hydroxylation sites is 1. The smallest absolute Gasteiger partial charge is 0.433 e.